The summed E-state index contributed by atoms with van der Waals surface area (Å²) in [6, 6.07) is 17.2. The molecule has 2 nitrogen and oxygen atoms in total. The van der Waals surface area contributed by atoms with Crippen LogP contribution in [0.2, 0.25) is 5.02 Å². The van der Waals surface area contributed by atoms with Gasteiger partial charge in [0.15, 0.2) is 0 Å². The van der Waals surface area contributed by atoms with Crippen molar-refractivity contribution in [3.05, 3.63) is 77.3 Å². The second kappa shape index (κ2) is 5.74. The summed E-state index contributed by atoms with van der Waals surface area (Å²) in [6.07, 6.45) is 5.62. The molecule has 0 bridgehead atoms. The van der Waals surface area contributed by atoms with E-state index in [1.165, 1.54) is 0 Å². The fraction of sp³-hybridized carbons (Fsp3) is 0.167. The molecule has 1 amide bonds. The van der Waals surface area contributed by atoms with E-state index in [0.717, 1.165) is 24.1 Å². The third-order valence-electron chi connectivity index (χ3n) is 3.96. The molecule has 0 aliphatic heterocycles. The number of allylic oxidation sites excluding steroid dienone is 2. The Kier molecular flexibility index (Phi) is 3.80. The van der Waals surface area contributed by atoms with E-state index in [1.54, 1.807) is 12.1 Å². The minimum absolute atomic E-state index is 0.0287. The third-order valence-corrected chi connectivity index (χ3v) is 4.21. The molecule has 0 saturated carbocycles. The molecule has 21 heavy (non-hydrogen) atoms. The lowest BCUT2D eigenvalue weighted by atomic mass is 9.77. The first-order chi connectivity index (χ1) is 10.2. The lowest BCUT2D eigenvalue weighted by molar-refractivity contribution is -0.121. The van der Waals surface area contributed by atoms with Gasteiger partial charge in [-0.05, 0) is 42.7 Å². The number of hydrogen-bond acceptors (Lipinski definition) is 1. The summed E-state index contributed by atoms with van der Waals surface area (Å²) in [7, 11) is 0. The number of halogens is 1. The van der Waals surface area contributed by atoms with E-state index in [2.05, 4.69) is 17.5 Å². The first-order valence-electron chi connectivity index (χ1n) is 6.98. The van der Waals surface area contributed by atoms with Gasteiger partial charge in [0.1, 0.15) is 0 Å². The number of carbonyl (C=O) groups is 1. The molecule has 0 spiro atoms. The molecule has 0 unspecified atom stereocenters. The highest BCUT2D eigenvalue weighted by atomic mass is 35.5. The summed E-state index contributed by atoms with van der Waals surface area (Å²) >= 11 is 5.88. The number of rotatable bonds is 3. The van der Waals surface area contributed by atoms with Crippen LogP contribution in [-0.4, -0.2) is 5.91 Å². The van der Waals surface area contributed by atoms with E-state index in [9.17, 15) is 4.79 Å². The summed E-state index contributed by atoms with van der Waals surface area (Å²) in [4.78, 5) is 12.8. The zero-order valence-corrected chi connectivity index (χ0v) is 12.3. The van der Waals surface area contributed by atoms with Crippen molar-refractivity contribution < 1.29 is 4.79 Å². The second-order valence-corrected chi connectivity index (χ2v) is 5.73. The number of amides is 1. The normalized spacial score (nSPS) is 15.9. The summed E-state index contributed by atoms with van der Waals surface area (Å²) in [5, 5.41) is 3.67. The Labute approximate surface area is 129 Å². The minimum Gasteiger partial charge on any atom is -0.325 e. The van der Waals surface area contributed by atoms with Gasteiger partial charge in [0.25, 0.3) is 0 Å². The van der Waals surface area contributed by atoms with Crippen molar-refractivity contribution in [1.29, 1.82) is 0 Å². The third kappa shape index (κ3) is 2.72. The quantitative estimate of drug-likeness (QED) is 0.826. The van der Waals surface area contributed by atoms with Crippen molar-refractivity contribution in [2.75, 3.05) is 5.32 Å². The molecule has 1 N–H and O–H groups in total. The van der Waals surface area contributed by atoms with Crippen molar-refractivity contribution in [2.24, 2.45) is 0 Å². The maximum Gasteiger partial charge on any atom is 0.235 e. The molecule has 0 saturated heterocycles. The van der Waals surface area contributed by atoms with Crippen LogP contribution < -0.4 is 5.32 Å². The molecule has 0 atom stereocenters. The number of hydrogen-bond donors (Lipinski definition) is 1. The Morgan fingerprint density at radius 1 is 0.952 bits per heavy atom. The highest BCUT2D eigenvalue weighted by Crippen LogP contribution is 2.38. The molecular weight excluding hydrogens is 282 g/mol. The van der Waals surface area contributed by atoms with Crippen LogP contribution in [-0.2, 0) is 10.2 Å². The maximum absolute atomic E-state index is 12.8. The van der Waals surface area contributed by atoms with E-state index < -0.39 is 5.41 Å². The van der Waals surface area contributed by atoms with Crippen molar-refractivity contribution in [1.82, 2.24) is 0 Å². The van der Waals surface area contributed by atoms with Crippen LogP contribution in [0.1, 0.15) is 18.4 Å². The Bertz CT molecular complexity index is 653. The van der Waals surface area contributed by atoms with Crippen molar-refractivity contribution in [3.63, 3.8) is 0 Å². The van der Waals surface area contributed by atoms with E-state index in [4.69, 9.17) is 11.6 Å². The van der Waals surface area contributed by atoms with Crippen LogP contribution >= 0.6 is 11.6 Å². The predicted molar refractivity (Wildman–Crippen MR) is 86.6 cm³/mol. The van der Waals surface area contributed by atoms with Gasteiger partial charge in [-0.3, -0.25) is 4.79 Å². The lowest BCUT2D eigenvalue weighted by Gasteiger charge is -2.28. The van der Waals surface area contributed by atoms with Gasteiger partial charge in [0.2, 0.25) is 5.91 Å². The number of carbonyl (C=O) groups excluding carboxylic acids is 1. The molecule has 3 heteroatoms. The molecule has 2 aromatic rings. The number of nitrogens with one attached hydrogen (secondary N) is 1. The van der Waals surface area contributed by atoms with Gasteiger partial charge in [0, 0.05) is 10.7 Å². The summed E-state index contributed by atoms with van der Waals surface area (Å²) in [5.74, 6) is 0.0287. The van der Waals surface area contributed by atoms with Crippen LogP contribution in [0.4, 0.5) is 5.69 Å². The SMILES string of the molecule is O=C(Nc1ccc(Cl)cc1)C1(c2ccccc2)CC=CC1. The Balaban J connectivity index is 1.88. The minimum atomic E-state index is -0.499. The molecule has 0 aromatic heterocycles. The van der Waals surface area contributed by atoms with Gasteiger partial charge < -0.3 is 5.32 Å². The molecule has 1 aliphatic carbocycles. The molecule has 3 rings (SSSR count). The standard InChI is InChI=1S/C18H16ClNO/c19-15-8-10-16(11-9-15)20-17(21)18(12-4-5-13-18)14-6-2-1-3-7-14/h1-11H,12-13H2,(H,20,21). The largest absolute Gasteiger partial charge is 0.325 e. The van der Waals surface area contributed by atoms with Crippen LogP contribution in [0.15, 0.2) is 66.7 Å². The molecule has 0 fully saturated rings. The molecule has 2 aromatic carbocycles. The zero-order chi connectivity index (χ0) is 14.7. The number of benzene rings is 2. The highest BCUT2D eigenvalue weighted by Gasteiger charge is 2.40. The van der Waals surface area contributed by atoms with Gasteiger partial charge in [0.05, 0.1) is 5.41 Å². The first-order valence-corrected chi connectivity index (χ1v) is 7.36. The van der Waals surface area contributed by atoms with Crippen molar-refractivity contribution in [3.8, 4) is 0 Å². The Hall–Kier alpha value is -2.06. The molecule has 1 aliphatic rings. The fourth-order valence-electron chi connectivity index (χ4n) is 2.75. The molecule has 106 valence electrons. The Morgan fingerprint density at radius 3 is 2.19 bits per heavy atom. The smallest absolute Gasteiger partial charge is 0.235 e. The van der Waals surface area contributed by atoms with Crippen LogP contribution in [0.5, 0.6) is 0 Å². The number of anilines is 1. The summed E-state index contributed by atoms with van der Waals surface area (Å²) in [6.45, 7) is 0. The second-order valence-electron chi connectivity index (χ2n) is 5.29. The van der Waals surface area contributed by atoms with Crippen LogP contribution in [0.3, 0.4) is 0 Å². The highest BCUT2D eigenvalue weighted by molar-refractivity contribution is 6.30. The molecule has 0 heterocycles. The van der Waals surface area contributed by atoms with E-state index >= 15 is 0 Å². The van der Waals surface area contributed by atoms with Gasteiger partial charge >= 0.3 is 0 Å². The van der Waals surface area contributed by atoms with Gasteiger partial charge in [-0.2, -0.15) is 0 Å². The van der Waals surface area contributed by atoms with Crippen molar-refractivity contribution in [2.45, 2.75) is 18.3 Å². The van der Waals surface area contributed by atoms with Gasteiger partial charge in [-0.15, -0.1) is 0 Å². The van der Waals surface area contributed by atoms with E-state index in [1.807, 2.05) is 42.5 Å². The zero-order valence-electron chi connectivity index (χ0n) is 11.6. The van der Waals surface area contributed by atoms with Crippen LogP contribution in [0.25, 0.3) is 0 Å². The van der Waals surface area contributed by atoms with Crippen LogP contribution in [0, 0.1) is 0 Å². The maximum atomic E-state index is 12.8. The van der Waals surface area contributed by atoms with E-state index in [0.29, 0.717) is 5.02 Å². The average molecular weight is 298 g/mol. The summed E-state index contributed by atoms with van der Waals surface area (Å²) < 4.78 is 0. The van der Waals surface area contributed by atoms with Gasteiger partial charge in [-0.25, -0.2) is 0 Å². The average Bonchev–Trinajstić information content (AvgIpc) is 3.01. The fourth-order valence-corrected chi connectivity index (χ4v) is 2.87. The molecule has 0 radical (unpaired) electrons. The topological polar surface area (TPSA) is 29.1 Å². The predicted octanol–water partition coefficient (Wildman–Crippen LogP) is 4.57. The lowest BCUT2D eigenvalue weighted by Crippen LogP contribution is -2.38. The van der Waals surface area contributed by atoms with Gasteiger partial charge in [-0.1, -0.05) is 54.1 Å². The Morgan fingerprint density at radius 2 is 1.57 bits per heavy atom. The van der Waals surface area contributed by atoms with E-state index in [-0.39, 0.29) is 5.91 Å². The monoisotopic (exact) mass is 297 g/mol. The van der Waals surface area contributed by atoms with Crippen molar-refractivity contribution >= 4 is 23.2 Å². The first kappa shape index (κ1) is 13.9. The molecular formula is C18H16ClNO. The summed E-state index contributed by atoms with van der Waals surface area (Å²) in [5.41, 5.74) is 1.33.